The van der Waals surface area contributed by atoms with Crippen molar-refractivity contribution < 1.29 is 4.42 Å². The van der Waals surface area contributed by atoms with Crippen LogP contribution in [0.5, 0.6) is 0 Å². The molecule has 0 radical (unpaired) electrons. The van der Waals surface area contributed by atoms with Gasteiger partial charge in [-0.1, -0.05) is 0 Å². The number of thiophene rings is 1. The predicted molar refractivity (Wildman–Crippen MR) is 70.8 cm³/mol. The molecule has 0 aliphatic rings. The van der Waals surface area contributed by atoms with E-state index >= 15 is 0 Å². The van der Waals surface area contributed by atoms with Crippen LogP contribution in [-0.2, 0) is 19.6 Å². The van der Waals surface area contributed by atoms with E-state index in [9.17, 15) is 0 Å². The van der Waals surface area contributed by atoms with Gasteiger partial charge in [0.2, 0.25) is 0 Å². The Kier molecular flexibility index (Phi) is 3.99. The molecule has 0 bridgehead atoms. The highest BCUT2D eigenvalue weighted by Crippen LogP contribution is 2.16. The molecule has 3 nitrogen and oxygen atoms in total. The zero-order valence-corrected chi connectivity index (χ0v) is 11.1. The minimum atomic E-state index is 0.545. The molecule has 0 amide bonds. The van der Waals surface area contributed by atoms with E-state index in [4.69, 9.17) is 10.2 Å². The van der Waals surface area contributed by atoms with Crippen molar-refractivity contribution in [3.8, 4) is 0 Å². The van der Waals surface area contributed by atoms with Crippen molar-refractivity contribution in [2.75, 3.05) is 7.05 Å². The third-order valence-electron chi connectivity index (χ3n) is 2.75. The Balaban J connectivity index is 1.95. The van der Waals surface area contributed by atoms with Crippen LogP contribution < -0.4 is 5.73 Å². The zero-order valence-electron chi connectivity index (χ0n) is 10.3. The van der Waals surface area contributed by atoms with Gasteiger partial charge in [0.15, 0.2) is 0 Å². The van der Waals surface area contributed by atoms with Crippen molar-refractivity contribution in [2.45, 2.75) is 26.6 Å². The maximum absolute atomic E-state index is 5.68. The normalized spacial score (nSPS) is 11.3. The summed E-state index contributed by atoms with van der Waals surface area (Å²) >= 11 is 1.73. The largest absolute Gasteiger partial charge is 0.465 e. The Morgan fingerprint density at radius 3 is 2.82 bits per heavy atom. The number of hydrogen-bond donors (Lipinski definition) is 1. The number of nitrogens with zero attached hydrogens (tertiary/aromatic N) is 1. The third kappa shape index (κ3) is 3.19. The molecule has 2 aromatic heterocycles. The number of aryl methyl sites for hydroxylation is 1. The van der Waals surface area contributed by atoms with Crippen molar-refractivity contribution in [1.82, 2.24) is 4.90 Å². The number of hydrogen-bond acceptors (Lipinski definition) is 4. The molecule has 2 N–H and O–H groups in total. The molecule has 2 heterocycles. The highest BCUT2D eigenvalue weighted by atomic mass is 32.1. The van der Waals surface area contributed by atoms with E-state index in [-0.39, 0.29) is 0 Å². The molecule has 0 saturated carbocycles. The molecular formula is C13H18N2OS. The maximum Gasteiger partial charge on any atom is 0.118 e. The van der Waals surface area contributed by atoms with Gasteiger partial charge in [0.1, 0.15) is 11.5 Å². The van der Waals surface area contributed by atoms with Gasteiger partial charge in [0, 0.05) is 18.7 Å². The summed E-state index contributed by atoms with van der Waals surface area (Å²) in [7, 11) is 2.09. The van der Waals surface area contributed by atoms with Gasteiger partial charge in [0.25, 0.3) is 0 Å². The first-order chi connectivity index (χ1) is 8.19. The summed E-state index contributed by atoms with van der Waals surface area (Å²) in [6, 6.07) is 4.21. The second kappa shape index (κ2) is 5.49. The Bertz CT molecular complexity index is 462. The van der Waals surface area contributed by atoms with Crippen molar-refractivity contribution in [2.24, 2.45) is 5.73 Å². The lowest BCUT2D eigenvalue weighted by Crippen LogP contribution is -2.16. The molecule has 92 valence electrons. The SMILES string of the molecule is Cc1oc(CN(C)Cc2ccsc2)cc1CN. The summed E-state index contributed by atoms with van der Waals surface area (Å²) in [5.41, 5.74) is 8.08. The van der Waals surface area contributed by atoms with Crippen LogP contribution in [0.15, 0.2) is 27.3 Å². The van der Waals surface area contributed by atoms with Gasteiger partial charge in [-0.15, -0.1) is 0 Å². The molecule has 17 heavy (non-hydrogen) atoms. The van der Waals surface area contributed by atoms with E-state index in [0.29, 0.717) is 6.54 Å². The Labute approximate surface area is 106 Å². The molecule has 0 aliphatic carbocycles. The van der Waals surface area contributed by atoms with Crippen LogP contribution in [-0.4, -0.2) is 11.9 Å². The molecule has 0 aromatic carbocycles. The fraction of sp³-hybridized carbons (Fsp3) is 0.385. The Morgan fingerprint density at radius 1 is 1.41 bits per heavy atom. The van der Waals surface area contributed by atoms with E-state index in [1.165, 1.54) is 5.56 Å². The maximum atomic E-state index is 5.68. The van der Waals surface area contributed by atoms with Crippen LogP contribution in [0.3, 0.4) is 0 Å². The minimum absolute atomic E-state index is 0.545. The molecule has 2 aromatic rings. The molecule has 0 saturated heterocycles. The van der Waals surface area contributed by atoms with Crippen LogP contribution in [0, 0.1) is 6.92 Å². The van der Waals surface area contributed by atoms with E-state index in [0.717, 1.165) is 30.2 Å². The summed E-state index contributed by atoms with van der Waals surface area (Å²) in [5, 5.41) is 4.28. The lowest BCUT2D eigenvalue weighted by Gasteiger charge is -2.13. The minimum Gasteiger partial charge on any atom is -0.465 e. The lowest BCUT2D eigenvalue weighted by atomic mass is 10.2. The van der Waals surface area contributed by atoms with Crippen LogP contribution in [0.4, 0.5) is 0 Å². The summed E-state index contributed by atoms with van der Waals surface area (Å²) < 4.78 is 5.68. The second-order valence-electron chi connectivity index (χ2n) is 4.30. The van der Waals surface area contributed by atoms with E-state index in [1.807, 2.05) is 6.92 Å². The average molecular weight is 250 g/mol. The average Bonchev–Trinajstić information content (AvgIpc) is 2.88. The van der Waals surface area contributed by atoms with Crippen molar-refractivity contribution in [3.05, 3.63) is 45.5 Å². The molecule has 2 rings (SSSR count). The van der Waals surface area contributed by atoms with Crippen LogP contribution in [0.2, 0.25) is 0 Å². The molecule has 0 unspecified atom stereocenters. The Morgan fingerprint density at radius 2 is 2.24 bits per heavy atom. The van der Waals surface area contributed by atoms with Crippen molar-refractivity contribution >= 4 is 11.3 Å². The second-order valence-corrected chi connectivity index (χ2v) is 5.08. The quantitative estimate of drug-likeness (QED) is 0.887. The van der Waals surface area contributed by atoms with Gasteiger partial charge in [-0.2, -0.15) is 11.3 Å². The first-order valence-corrected chi connectivity index (χ1v) is 6.61. The van der Waals surface area contributed by atoms with Gasteiger partial charge in [0.05, 0.1) is 6.54 Å². The molecule has 0 atom stereocenters. The lowest BCUT2D eigenvalue weighted by molar-refractivity contribution is 0.285. The fourth-order valence-corrected chi connectivity index (χ4v) is 2.54. The molecule has 0 spiro atoms. The van der Waals surface area contributed by atoms with E-state index < -0.39 is 0 Å². The fourth-order valence-electron chi connectivity index (χ4n) is 1.88. The molecule has 4 heteroatoms. The topological polar surface area (TPSA) is 42.4 Å². The highest BCUT2D eigenvalue weighted by molar-refractivity contribution is 7.07. The smallest absolute Gasteiger partial charge is 0.118 e. The van der Waals surface area contributed by atoms with Crippen LogP contribution in [0.25, 0.3) is 0 Å². The number of rotatable bonds is 5. The monoisotopic (exact) mass is 250 g/mol. The Hall–Kier alpha value is -1.10. The van der Waals surface area contributed by atoms with E-state index in [2.05, 4.69) is 34.8 Å². The number of furan rings is 1. The summed E-state index contributed by atoms with van der Waals surface area (Å²) in [5.74, 6) is 1.92. The predicted octanol–water partition coefficient (Wildman–Crippen LogP) is 2.74. The molecule has 0 fully saturated rings. The highest BCUT2D eigenvalue weighted by Gasteiger charge is 2.08. The van der Waals surface area contributed by atoms with Gasteiger partial charge < -0.3 is 10.2 Å². The van der Waals surface area contributed by atoms with Gasteiger partial charge in [-0.3, -0.25) is 4.90 Å². The van der Waals surface area contributed by atoms with Crippen LogP contribution >= 0.6 is 11.3 Å². The molecular weight excluding hydrogens is 232 g/mol. The first-order valence-electron chi connectivity index (χ1n) is 5.67. The standard InChI is InChI=1S/C13H18N2OS/c1-10-12(6-14)5-13(16-10)8-15(2)7-11-3-4-17-9-11/h3-5,9H,6-8,14H2,1-2H3. The van der Waals surface area contributed by atoms with Gasteiger partial charge in [-0.25, -0.2) is 0 Å². The first kappa shape index (κ1) is 12.4. The molecule has 0 aliphatic heterocycles. The third-order valence-corrected chi connectivity index (χ3v) is 3.48. The van der Waals surface area contributed by atoms with E-state index in [1.54, 1.807) is 11.3 Å². The van der Waals surface area contributed by atoms with Gasteiger partial charge >= 0.3 is 0 Å². The van der Waals surface area contributed by atoms with Crippen molar-refractivity contribution in [3.63, 3.8) is 0 Å². The zero-order chi connectivity index (χ0) is 12.3. The summed E-state index contributed by atoms with van der Waals surface area (Å²) in [6.07, 6.45) is 0. The summed E-state index contributed by atoms with van der Waals surface area (Å²) in [4.78, 5) is 2.24. The summed E-state index contributed by atoms with van der Waals surface area (Å²) in [6.45, 7) is 4.27. The van der Waals surface area contributed by atoms with Crippen LogP contribution in [0.1, 0.15) is 22.6 Å². The van der Waals surface area contributed by atoms with Gasteiger partial charge in [-0.05, 0) is 42.4 Å². The number of nitrogens with two attached hydrogens (primary N) is 1. The van der Waals surface area contributed by atoms with Crippen molar-refractivity contribution in [1.29, 1.82) is 0 Å².